The Balaban J connectivity index is 1.32. The molecule has 0 spiro atoms. The molecule has 1 nitrogen and oxygen atoms in total. The number of hydrogen-bond acceptors (Lipinski definition) is 3. The molecule has 0 unspecified atom stereocenters. The maximum absolute atomic E-state index is 2.55. The van der Waals surface area contributed by atoms with Crippen molar-refractivity contribution in [1.29, 1.82) is 0 Å². The van der Waals surface area contributed by atoms with E-state index in [2.05, 4.69) is 158 Å². The van der Waals surface area contributed by atoms with E-state index in [1.807, 2.05) is 22.7 Å². The van der Waals surface area contributed by atoms with Gasteiger partial charge in [-0.25, -0.2) is 0 Å². The van der Waals surface area contributed by atoms with Crippen molar-refractivity contribution in [2.45, 2.75) is 19.3 Å². The largest absolute Gasteiger partial charge is 0.309 e. The molecule has 0 amide bonds. The van der Waals surface area contributed by atoms with Gasteiger partial charge >= 0.3 is 0 Å². The molecule has 0 saturated carbocycles. The molecule has 0 atom stereocenters. The molecule has 0 bridgehead atoms. The van der Waals surface area contributed by atoms with E-state index < -0.39 is 0 Å². The predicted octanol–water partition coefficient (Wildman–Crippen LogP) is 13.4. The van der Waals surface area contributed by atoms with E-state index >= 15 is 0 Å². The second-order valence-electron chi connectivity index (χ2n) is 12.9. The summed E-state index contributed by atoms with van der Waals surface area (Å²) >= 11 is 3.78. The van der Waals surface area contributed by atoms with Crippen molar-refractivity contribution in [2.75, 3.05) is 4.90 Å². The van der Waals surface area contributed by atoms with Crippen molar-refractivity contribution in [1.82, 2.24) is 0 Å². The first kappa shape index (κ1) is 26.3. The van der Waals surface area contributed by atoms with Crippen LogP contribution in [0.3, 0.4) is 0 Å². The van der Waals surface area contributed by atoms with Crippen molar-refractivity contribution < 1.29 is 0 Å². The summed E-state index contributed by atoms with van der Waals surface area (Å²) in [4.78, 5) is 2.55. The van der Waals surface area contributed by atoms with Gasteiger partial charge in [0.15, 0.2) is 0 Å². The van der Waals surface area contributed by atoms with Crippen LogP contribution in [0.4, 0.5) is 17.1 Å². The second-order valence-corrected chi connectivity index (χ2v) is 15.1. The number of anilines is 3. The minimum absolute atomic E-state index is 0.0803. The zero-order valence-electron chi connectivity index (χ0n) is 25.5. The summed E-state index contributed by atoms with van der Waals surface area (Å²) in [6.07, 6.45) is 0. The standard InChI is InChI=1S/C43H29NS2/c1-43(2)33-15-7-5-14-31(33)41-34(43)16-9-17-35(41)44(28-21-22-30-29-13-6-8-19-37(29)45-40(30)25-28)36-18-10-20-38-42(36)32-23-26-11-3-4-12-27(26)24-39(32)46-38/h3-25H,1-2H3. The summed E-state index contributed by atoms with van der Waals surface area (Å²) in [5.74, 6) is 0. The number of fused-ring (bicyclic) bond motifs is 10. The van der Waals surface area contributed by atoms with Gasteiger partial charge in [0.1, 0.15) is 0 Å². The lowest BCUT2D eigenvalue weighted by Crippen LogP contribution is -2.16. The third-order valence-electron chi connectivity index (χ3n) is 10.0. The zero-order chi connectivity index (χ0) is 30.6. The molecule has 7 aromatic carbocycles. The summed E-state index contributed by atoms with van der Waals surface area (Å²) in [7, 11) is 0. The summed E-state index contributed by atoms with van der Waals surface area (Å²) in [6.45, 7) is 4.74. The minimum Gasteiger partial charge on any atom is -0.309 e. The fraction of sp³-hybridized carbons (Fsp3) is 0.0698. The molecule has 0 saturated heterocycles. The van der Waals surface area contributed by atoms with E-state index in [-0.39, 0.29) is 5.41 Å². The fourth-order valence-corrected chi connectivity index (χ4v) is 10.2. The molecule has 0 N–H and O–H groups in total. The SMILES string of the molecule is CC1(C)c2ccccc2-c2c(N(c3ccc4c(c3)sc3ccccc34)c3cccc4sc5cc6ccccc6cc5c34)cccc21. The van der Waals surface area contributed by atoms with Gasteiger partial charge in [-0.3, -0.25) is 0 Å². The molecule has 0 radical (unpaired) electrons. The monoisotopic (exact) mass is 623 g/mol. The van der Waals surface area contributed by atoms with Crippen LogP contribution in [-0.2, 0) is 5.41 Å². The van der Waals surface area contributed by atoms with Gasteiger partial charge in [0.05, 0.1) is 11.4 Å². The van der Waals surface area contributed by atoms with Crippen LogP contribution in [0.1, 0.15) is 25.0 Å². The quantitative estimate of drug-likeness (QED) is 0.189. The average molecular weight is 624 g/mol. The van der Waals surface area contributed by atoms with Crippen molar-refractivity contribution in [3.05, 3.63) is 151 Å². The van der Waals surface area contributed by atoms with Crippen molar-refractivity contribution in [2.24, 2.45) is 0 Å². The average Bonchev–Trinajstić information content (AvgIpc) is 3.72. The highest BCUT2D eigenvalue weighted by atomic mass is 32.1. The first-order valence-corrected chi connectivity index (χ1v) is 17.5. The van der Waals surface area contributed by atoms with Gasteiger partial charge < -0.3 is 4.90 Å². The van der Waals surface area contributed by atoms with Crippen molar-refractivity contribution >= 4 is 90.9 Å². The smallest absolute Gasteiger partial charge is 0.0555 e. The number of hydrogen-bond donors (Lipinski definition) is 0. The van der Waals surface area contributed by atoms with Gasteiger partial charge in [-0.1, -0.05) is 105 Å². The Morgan fingerprint density at radius 2 is 1.13 bits per heavy atom. The normalized spacial score (nSPS) is 13.6. The number of rotatable bonds is 3. The Hall–Kier alpha value is -4.96. The summed E-state index contributed by atoms with van der Waals surface area (Å²) < 4.78 is 5.27. The lowest BCUT2D eigenvalue weighted by atomic mass is 9.82. The lowest BCUT2D eigenvalue weighted by Gasteiger charge is -2.29. The first-order valence-electron chi connectivity index (χ1n) is 15.9. The van der Waals surface area contributed by atoms with Crippen LogP contribution in [0.15, 0.2) is 140 Å². The maximum Gasteiger partial charge on any atom is 0.0555 e. The molecular weight excluding hydrogens is 595 g/mol. The van der Waals surface area contributed by atoms with E-state index in [1.54, 1.807) is 0 Å². The van der Waals surface area contributed by atoms with Crippen LogP contribution < -0.4 is 4.90 Å². The summed E-state index contributed by atoms with van der Waals surface area (Å²) in [6, 6.07) is 52.1. The Bertz CT molecular complexity index is 2690. The molecule has 9 aromatic rings. The Kier molecular flexibility index (Phi) is 5.44. The van der Waals surface area contributed by atoms with E-state index in [4.69, 9.17) is 0 Å². The summed E-state index contributed by atoms with van der Waals surface area (Å²) in [5.41, 5.74) is 8.99. The highest BCUT2D eigenvalue weighted by Gasteiger charge is 2.38. The van der Waals surface area contributed by atoms with Gasteiger partial charge in [0, 0.05) is 57.0 Å². The van der Waals surface area contributed by atoms with Gasteiger partial charge in [0.2, 0.25) is 0 Å². The maximum atomic E-state index is 2.55. The Labute approximate surface area is 275 Å². The Morgan fingerprint density at radius 3 is 2.04 bits per heavy atom. The molecule has 0 fully saturated rings. The molecule has 2 aromatic heterocycles. The van der Waals surface area contributed by atoms with Crippen LogP contribution in [0.2, 0.25) is 0 Å². The molecule has 0 aliphatic heterocycles. The number of thiophene rings is 2. The number of nitrogens with zero attached hydrogens (tertiary/aromatic N) is 1. The molecule has 3 heteroatoms. The fourth-order valence-electron chi connectivity index (χ4n) is 7.86. The highest BCUT2D eigenvalue weighted by molar-refractivity contribution is 7.26. The van der Waals surface area contributed by atoms with Gasteiger partial charge in [-0.2, -0.15) is 0 Å². The molecule has 1 aliphatic carbocycles. The molecule has 218 valence electrons. The van der Waals surface area contributed by atoms with Crippen molar-refractivity contribution in [3.8, 4) is 11.1 Å². The zero-order valence-corrected chi connectivity index (χ0v) is 27.2. The molecule has 2 heterocycles. The van der Waals surface area contributed by atoms with E-state index in [0.29, 0.717) is 0 Å². The molecule has 1 aliphatic rings. The molecule has 46 heavy (non-hydrogen) atoms. The third kappa shape index (κ3) is 3.61. The van der Waals surface area contributed by atoms with Crippen LogP contribution >= 0.6 is 22.7 Å². The molecule has 10 rings (SSSR count). The van der Waals surface area contributed by atoms with Crippen LogP contribution in [0.25, 0.3) is 62.2 Å². The molecular formula is C43H29NS2. The van der Waals surface area contributed by atoms with Crippen LogP contribution in [-0.4, -0.2) is 0 Å². The van der Waals surface area contributed by atoms with Crippen molar-refractivity contribution in [3.63, 3.8) is 0 Å². The third-order valence-corrected chi connectivity index (χ3v) is 12.3. The highest BCUT2D eigenvalue weighted by Crippen LogP contribution is 2.55. The van der Waals surface area contributed by atoms with E-state index in [0.717, 1.165) is 0 Å². The van der Waals surface area contributed by atoms with E-state index in [9.17, 15) is 0 Å². The van der Waals surface area contributed by atoms with Gasteiger partial charge in [0.25, 0.3) is 0 Å². The summed E-state index contributed by atoms with van der Waals surface area (Å²) in [5, 5.41) is 7.84. The van der Waals surface area contributed by atoms with Crippen LogP contribution in [0, 0.1) is 0 Å². The van der Waals surface area contributed by atoms with E-state index in [1.165, 1.54) is 90.4 Å². The predicted molar refractivity (Wildman–Crippen MR) is 202 cm³/mol. The van der Waals surface area contributed by atoms with Gasteiger partial charge in [-0.15, -0.1) is 22.7 Å². The number of benzene rings is 7. The topological polar surface area (TPSA) is 3.24 Å². The lowest BCUT2D eigenvalue weighted by molar-refractivity contribution is 0.660. The first-order chi connectivity index (χ1) is 22.6. The van der Waals surface area contributed by atoms with Crippen LogP contribution in [0.5, 0.6) is 0 Å². The van der Waals surface area contributed by atoms with Gasteiger partial charge in [-0.05, 0) is 76.0 Å². The Morgan fingerprint density at radius 1 is 0.478 bits per heavy atom. The minimum atomic E-state index is -0.0803. The second kappa shape index (κ2) is 9.53.